The van der Waals surface area contributed by atoms with Gasteiger partial charge in [-0.3, -0.25) is 0 Å². The van der Waals surface area contributed by atoms with Crippen LogP contribution in [0.15, 0.2) is 6.07 Å². The maximum Gasteiger partial charge on any atom is 0.147 e. The average molecular weight is 278 g/mol. The first-order valence-corrected chi connectivity index (χ1v) is 6.39. The fourth-order valence-electron chi connectivity index (χ4n) is 1.24. The molecule has 1 aromatic rings. The highest BCUT2D eigenvalue weighted by Gasteiger charge is 2.08. The SMILES string of the molecule is CCCNc1nc(NCCCO)c(Cl)cc1Cl. The normalized spacial score (nSPS) is 10.4. The van der Waals surface area contributed by atoms with Crippen molar-refractivity contribution in [1.29, 1.82) is 0 Å². The highest BCUT2D eigenvalue weighted by atomic mass is 35.5. The summed E-state index contributed by atoms with van der Waals surface area (Å²) in [5, 5.41) is 15.9. The van der Waals surface area contributed by atoms with Crippen LogP contribution in [0.3, 0.4) is 0 Å². The minimum Gasteiger partial charge on any atom is -0.396 e. The number of nitrogens with one attached hydrogen (secondary N) is 2. The number of nitrogens with zero attached hydrogens (tertiary/aromatic N) is 1. The predicted octanol–water partition coefficient (Wildman–Crippen LogP) is 3.00. The van der Waals surface area contributed by atoms with Crippen molar-refractivity contribution in [1.82, 2.24) is 4.98 Å². The van der Waals surface area contributed by atoms with Gasteiger partial charge in [-0.2, -0.15) is 0 Å². The lowest BCUT2D eigenvalue weighted by molar-refractivity contribution is 0.292. The summed E-state index contributed by atoms with van der Waals surface area (Å²) in [4.78, 5) is 4.31. The minimum atomic E-state index is 0.138. The molecule has 0 saturated heterocycles. The maximum atomic E-state index is 8.70. The number of aliphatic hydroxyl groups excluding tert-OH is 1. The van der Waals surface area contributed by atoms with Crippen LogP contribution < -0.4 is 10.6 Å². The van der Waals surface area contributed by atoms with E-state index in [4.69, 9.17) is 28.3 Å². The van der Waals surface area contributed by atoms with E-state index in [0.29, 0.717) is 34.6 Å². The molecule has 0 saturated carbocycles. The number of pyridine rings is 1. The van der Waals surface area contributed by atoms with Crippen molar-refractivity contribution in [3.63, 3.8) is 0 Å². The van der Waals surface area contributed by atoms with E-state index in [1.165, 1.54) is 0 Å². The lowest BCUT2D eigenvalue weighted by Gasteiger charge is -2.11. The number of aliphatic hydroxyl groups is 1. The molecule has 0 unspecified atom stereocenters. The van der Waals surface area contributed by atoms with E-state index in [2.05, 4.69) is 22.5 Å². The van der Waals surface area contributed by atoms with Gasteiger partial charge in [-0.25, -0.2) is 4.98 Å². The number of hydrogen-bond donors (Lipinski definition) is 3. The summed E-state index contributed by atoms with van der Waals surface area (Å²) in [6.07, 6.45) is 1.65. The summed E-state index contributed by atoms with van der Waals surface area (Å²) < 4.78 is 0. The largest absolute Gasteiger partial charge is 0.396 e. The second kappa shape index (κ2) is 7.58. The Morgan fingerprint density at radius 2 is 1.76 bits per heavy atom. The summed E-state index contributed by atoms with van der Waals surface area (Å²) in [7, 11) is 0. The lowest BCUT2D eigenvalue weighted by Crippen LogP contribution is -2.08. The number of hydrogen-bond acceptors (Lipinski definition) is 4. The van der Waals surface area contributed by atoms with Gasteiger partial charge in [0.1, 0.15) is 11.6 Å². The molecule has 0 radical (unpaired) electrons. The van der Waals surface area contributed by atoms with Gasteiger partial charge in [-0.1, -0.05) is 30.1 Å². The Balaban J connectivity index is 2.74. The second-order valence-electron chi connectivity index (χ2n) is 3.58. The predicted molar refractivity (Wildman–Crippen MR) is 73.2 cm³/mol. The molecule has 1 aromatic heterocycles. The third-order valence-corrected chi connectivity index (χ3v) is 2.68. The zero-order chi connectivity index (χ0) is 12.7. The third kappa shape index (κ3) is 4.58. The molecule has 0 atom stereocenters. The van der Waals surface area contributed by atoms with Crippen molar-refractivity contribution in [2.75, 3.05) is 30.3 Å². The molecule has 3 N–H and O–H groups in total. The summed E-state index contributed by atoms with van der Waals surface area (Å²) in [5.74, 6) is 1.22. The summed E-state index contributed by atoms with van der Waals surface area (Å²) >= 11 is 12.0. The topological polar surface area (TPSA) is 57.2 Å². The van der Waals surface area contributed by atoms with Gasteiger partial charge in [0.25, 0.3) is 0 Å². The second-order valence-corrected chi connectivity index (χ2v) is 4.39. The van der Waals surface area contributed by atoms with E-state index < -0.39 is 0 Å². The molecule has 6 heteroatoms. The highest BCUT2D eigenvalue weighted by Crippen LogP contribution is 2.29. The van der Waals surface area contributed by atoms with E-state index >= 15 is 0 Å². The fraction of sp³-hybridized carbons (Fsp3) is 0.545. The first-order chi connectivity index (χ1) is 8.19. The van der Waals surface area contributed by atoms with Crippen molar-refractivity contribution >= 4 is 34.8 Å². The summed E-state index contributed by atoms with van der Waals surface area (Å²) in [6, 6.07) is 1.66. The number of halogens is 2. The van der Waals surface area contributed by atoms with E-state index in [-0.39, 0.29) is 6.61 Å². The number of aromatic nitrogens is 1. The van der Waals surface area contributed by atoms with Crippen LogP contribution in [0.1, 0.15) is 19.8 Å². The Kier molecular flexibility index (Phi) is 6.40. The van der Waals surface area contributed by atoms with Crippen LogP contribution in [0.2, 0.25) is 10.0 Å². The molecule has 0 aliphatic carbocycles. The Morgan fingerprint density at radius 1 is 1.18 bits per heavy atom. The van der Waals surface area contributed by atoms with E-state index in [0.717, 1.165) is 13.0 Å². The smallest absolute Gasteiger partial charge is 0.147 e. The standard InChI is InChI=1S/C11H17Cl2N3O/c1-2-4-14-10-8(12)7-9(13)11(16-10)15-5-3-6-17/h7,17H,2-6H2,1H3,(H2,14,15,16). The Hall–Kier alpha value is -0.710. The molecule has 0 bridgehead atoms. The monoisotopic (exact) mass is 277 g/mol. The molecule has 0 aliphatic rings. The number of rotatable bonds is 7. The molecule has 0 amide bonds. The van der Waals surface area contributed by atoms with Crippen LogP contribution in [-0.4, -0.2) is 29.8 Å². The third-order valence-electron chi connectivity index (χ3n) is 2.10. The van der Waals surface area contributed by atoms with Gasteiger partial charge in [-0.05, 0) is 18.9 Å². The van der Waals surface area contributed by atoms with Crippen molar-refractivity contribution in [2.24, 2.45) is 0 Å². The van der Waals surface area contributed by atoms with Crippen molar-refractivity contribution in [2.45, 2.75) is 19.8 Å². The molecule has 1 heterocycles. The van der Waals surface area contributed by atoms with Gasteiger partial charge in [0.2, 0.25) is 0 Å². The quantitative estimate of drug-likeness (QED) is 0.671. The summed E-state index contributed by atoms with van der Waals surface area (Å²) in [5.41, 5.74) is 0. The molecule has 96 valence electrons. The number of anilines is 2. The van der Waals surface area contributed by atoms with Gasteiger partial charge in [0, 0.05) is 19.7 Å². The van der Waals surface area contributed by atoms with Crippen LogP contribution in [0.5, 0.6) is 0 Å². The van der Waals surface area contributed by atoms with Crippen molar-refractivity contribution < 1.29 is 5.11 Å². The first-order valence-electron chi connectivity index (χ1n) is 5.63. The zero-order valence-corrected chi connectivity index (χ0v) is 11.3. The zero-order valence-electron chi connectivity index (χ0n) is 9.76. The average Bonchev–Trinajstić information content (AvgIpc) is 2.31. The molecular weight excluding hydrogens is 261 g/mol. The van der Waals surface area contributed by atoms with Crippen LogP contribution in [0.4, 0.5) is 11.6 Å². The fourth-order valence-corrected chi connectivity index (χ4v) is 1.74. The van der Waals surface area contributed by atoms with Gasteiger partial charge in [0.15, 0.2) is 0 Å². The van der Waals surface area contributed by atoms with Crippen LogP contribution >= 0.6 is 23.2 Å². The van der Waals surface area contributed by atoms with E-state index in [9.17, 15) is 0 Å². The van der Waals surface area contributed by atoms with Crippen LogP contribution in [0, 0.1) is 0 Å². The van der Waals surface area contributed by atoms with Crippen LogP contribution in [-0.2, 0) is 0 Å². The van der Waals surface area contributed by atoms with Crippen molar-refractivity contribution in [3.05, 3.63) is 16.1 Å². The van der Waals surface area contributed by atoms with Crippen LogP contribution in [0.25, 0.3) is 0 Å². The molecule has 0 aliphatic heterocycles. The molecule has 0 aromatic carbocycles. The van der Waals surface area contributed by atoms with Gasteiger partial charge in [-0.15, -0.1) is 0 Å². The Labute approximate surface area is 111 Å². The van der Waals surface area contributed by atoms with Gasteiger partial charge < -0.3 is 15.7 Å². The minimum absolute atomic E-state index is 0.138. The molecular formula is C11H17Cl2N3O. The highest BCUT2D eigenvalue weighted by molar-refractivity contribution is 6.37. The summed E-state index contributed by atoms with van der Waals surface area (Å²) in [6.45, 7) is 3.64. The molecule has 0 fully saturated rings. The van der Waals surface area contributed by atoms with E-state index in [1.54, 1.807) is 6.07 Å². The molecule has 17 heavy (non-hydrogen) atoms. The maximum absolute atomic E-state index is 8.70. The van der Waals surface area contributed by atoms with E-state index in [1.807, 2.05) is 0 Å². The first kappa shape index (κ1) is 14.4. The Bertz CT molecular complexity index is 361. The Morgan fingerprint density at radius 3 is 2.29 bits per heavy atom. The molecule has 1 rings (SSSR count). The molecule has 4 nitrogen and oxygen atoms in total. The van der Waals surface area contributed by atoms with Crippen molar-refractivity contribution in [3.8, 4) is 0 Å². The van der Waals surface area contributed by atoms with Gasteiger partial charge in [0.05, 0.1) is 10.0 Å². The lowest BCUT2D eigenvalue weighted by atomic mass is 10.4. The molecule has 0 spiro atoms. The van der Waals surface area contributed by atoms with Gasteiger partial charge >= 0.3 is 0 Å².